The molecule has 0 amide bonds. The maximum atomic E-state index is 12.7. The first kappa shape index (κ1) is 17.4. The molecular formula is C17H17N3O6S. The molecule has 9 nitrogen and oxygen atoms in total. The number of hydrogen-bond acceptors (Lipinski definition) is 8. The molecule has 142 valence electrons. The number of nitrogens with zero attached hydrogens (tertiary/aromatic N) is 2. The standard InChI is InChI=1S/C17H17N3O6S/c1-23-11-5-6-13(24-2)12(9-11)20-27(21,22)15-8-7-14(25-15)17-19-18-16(26-17)10-3-4-10/h5-10,20H,3-4H2,1-2H3. The summed E-state index contributed by atoms with van der Waals surface area (Å²) in [5, 5.41) is 7.59. The van der Waals surface area contributed by atoms with E-state index in [1.807, 2.05) is 0 Å². The molecule has 27 heavy (non-hydrogen) atoms. The molecule has 4 rings (SSSR count). The normalized spacial score (nSPS) is 14.1. The van der Waals surface area contributed by atoms with E-state index in [0.29, 0.717) is 23.3 Å². The lowest BCUT2D eigenvalue weighted by Crippen LogP contribution is -2.13. The second-order valence-corrected chi connectivity index (χ2v) is 7.62. The first-order valence-corrected chi connectivity index (χ1v) is 9.67. The molecule has 2 heterocycles. The summed E-state index contributed by atoms with van der Waals surface area (Å²) in [5.74, 6) is 2.01. The molecule has 0 atom stereocenters. The summed E-state index contributed by atoms with van der Waals surface area (Å²) in [6.45, 7) is 0. The average Bonchev–Trinajstić information content (AvgIpc) is 3.18. The van der Waals surface area contributed by atoms with Crippen LogP contribution < -0.4 is 14.2 Å². The Bertz CT molecular complexity index is 1070. The number of sulfonamides is 1. The predicted molar refractivity (Wildman–Crippen MR) is 94.3 cm³/mol. The van der Waals surface area contributed by atoms with Crippen LogP contribution in [0.5, 0.6) is 11.5 Å². The molecule has 2 aromatic heterocycles. The Balaban J connectivity index is 1.60. The summed E-state index contributed by atoms with van der Waals surface area (Å²) in [6.07, 6.45) is 2.04. The van der Waals surface area contributed by atoms with Crippen LogP contribution in [0.3, 0.4) is 0 Å². The van der Waals surface area contributed by atoms with Crippen LogP contribution in [0.15, 0.2) is 44.3 Å². The largest absolute Gasteiger partial charge is 0.497 e. The number of methoxy groups -OCH3 is 2. The molecule has 0 radical (unpaired) electrons. The molecule has 1 aliphatic rings. The van der Waals surface area contributed by atoms with E-state index in [-0.39, 0.29) is 22.4 Å². The van der Waals surface area contributed by atoms with E-state index >= 15 is 0 Å². The van der Waals surface area contributed by atoms with Crippen molar-refractivity contribution in [2.45, 2.75) is 23.9 Å². The van der Waals surface area contributed by atoms with Gasteiger partial charge in [-0.1, -0.05) is 0 Å². The van der Waals surface area contributed by atoms with Crippen molar-refractivity contribution in [3.8, 4) is 23.1 Å². The van der Waals surface area contributed by atoms with Crippen molar-refractivity contribution in [3.63, 3.8) is 0 Å². The SMILES string of the molecule is COc1ccc(OC)c(NS(=O)(=O)c2ccc(-c3nnc(C4CC4)o3)o2)c1. The van der Waals surface area contributed by atoms with Gasteiger partial charge in [0.1, 0.15) is 11.5 Å². The molecule has 0 spiro atoms. The summed E-state index contributed by atoms with van der Waals surface area (Å²) in [6, 6.07) is 7.57. The van der Waals surface area contributed by atoms with Crippen LogP contribution in [-0.4, -0.2) is 32.8 Å². The number of benzene rings is 1. The Kier molecular flexibility index (Phi) is 4.27. The lowest BCUT2D eigenvalue weighted by Gasteiger charge is -2.11. The molecule has 0 aliphatic heterocycles. The number of anilines is 1. The summed E-state index contributed by atoms with van der Waals surface area (Å²) in [7, 11) is -1.07. The van der Waals surface area contributed by atoms with Gasteiger partial charge in [-0.2, -0.15) is 8.42 Å². The van der Waals surface area contributed by atoms with Gasteiger partial charge in [0.25, 0.3) is 15.9 Å². The molecular weight excluding hydrogens is 374 g/mol. The highest BCUT2D eigenvalue weighted by molar-refractivity contribution is 7.92. The van der Waals surface area contributed by atoms with Gasteiger partial charge in [0.2, 0.25) is 11.0 Å². The van der Waals surface area contributed by atoms with Gasteiger partial charge in [-0.3, -0.25) is 4.72 Å². The highest BCUT2D eigenvalue weighted by Gasteiger charge is 2.30. The monoisotopic (exact) mass is 391 g/mol. The van der Waals surface area contributed by atoms with Gasteiger partial charge in [0.05, 0.1) is 19.9 Å². The van der Waals surface area contributed by atoms with Gasteiger partial charge < -0.3 is 18.3 Å². The van der Waals surface area contributed by atoms with Crippen LogP contribution in [0, 0.1) is 0 Å². The van der Waals surface area contributed by atoms with Gasteiger partial charge in [0.15, 0.2) is 5.76 Å². The van der Waals surface area contributed by atoms with E-state index in [4.69, 9.17) is 18.3 Å². The van der Waals surface area contributed by atoms with E-state index in [1.165, 1.54) is 32.4 Å². The highest BCUT2D eigenvalue weighted by atomic mass is 32.2. The van der Waals surface area contributed by atoms with Gasteiger partial charge >= 0.3 is 0 Å². The van der Waals surface area contributed by atoms with Crippen LogP contribution in [0.1, 0.15) is 24.7 Å². The number of ether oxygens (including phenoxy) is 2. The first-order chi connectivity index (χ1) is 13.0. The fraction of sp³-hybridized carbons (Fsp3) is 0.294. The van der Waals surface area contributed by atoms with Crippen LogP contribution in [0.25, 0.3) is 11.7 Å². The van der Waals surface area contributed by atoms with E-state index in [2.05, 4.69) is 14.9 Å². The zero-order chi connectivity index (χ0) is 19.0. The number of aromatic nitrogens is 2. The molecule has 1 saturated carbocycles. The van der Waals surface area contributed by atoms with Crippen LogP contribution in [0.4, 0.5) is 5.69 Å². The van der Waals surface area contributed by atoms with Crippen molar-refractivity contribution in [1.29, 1.82) is 0 Å². The Morgan fingerprint density at radius 2 is 1.89 bits per heavy atom. The van der Waals surface area contributed by atoms with Gasteiger partial charge in [-0.25, -0.2) is 0 Å². The minimum absolute atomic E-state index is 0.150. The Morgan fingerprint density at radius 1 is 1.07 bits per heavy atom. The van der Waals surface area contributed by atoms with Crippen molar-refractivity contribution < 1.29 is 26.7 Å². The molecule has 10 heteroatoms. The number of furan rings is 1. The van der Waals surface area contributed by atoms with Crippen LogP contribution in [0.2, 0.25) is 0 Å². The quantitative estimate of drug-likeness (QED) is 0.653. The fourth-order valence-electron chi connectivity index (χ4n) is 2.50. The lowest BCUT2D eigenvalue weighted by atomic mass is 10.3. The number of rotatable bonds is 7. The van der Waals surface area contributed by atoms with E-state index in [0.717, 1.165) is 12.8 Å². The molecule has 1 N–H and O–H groups in total. The van der Waals surface area contributed by atoms with E-state index in [1.54, 1.807) is 12.1 Å². The van der Waals surface area contributed by atoms with Crippen molar-refractivity contribution >= 4 is 15.7 Å². The molecule has 1 aromatic carbocycles. The van der Waals surface area contributed by atoms with E-state index in [9.17, 15) is 8.42 Å². The third-order valence-corrected chi connectivity index (χ3v) is 5.31. The van der Waals surface area contributed by atoms with Crippen molar-refractivity contribution in [1.82, 2.24) is 10.2 Å². The van der Waals surface area contributed by atoms with Crippen LogP contribution >= 0.6 is 0 Å². The third kappa shape index (κ3) is 3.47. The number of nitrogens with one attached hydrogen (secondary N) is 1. The van der Waals surface area contributed by atoms with Gasteiger partial charge in [-0.15, -0.1) is 10.2 Å². The Labute approximate surface area is 155 Å². The number of hydrogen-bond donors (Lipinski definition) is 1. The zero-order valence-corrected chi connectivity index (χ0v) is 15.4. The smallest absolute Gasteiger partial charge is 0.295 e. The molecule has 1 fully saturated rings. The topological polar surface area (TPSA) is 117 Å². The van der Waals surface area contributed by atoms with Gasteiger partial charge in [-0.05, 0) is 37.1 Å². The minimum Gasteiger partial charge on any atom is -0.497 e. The zero-order valence-electron chi connectivity index (χ0n) is 14.6. The third-order valence-electron chi connectivity index (χ3n) is 4.08. The minimum atomic E-state index is -4.00. The summed E-state index contributed by atoms with van der Waals surface area (Å²) in [4.78, 5) is 0. The predicted octanol–water partition coefficient (Wildman–Crippen LogP) is 3.03. The van der Waals surface area contributed by atoms with Crippen molar-refractivity contribution in [2.75, 3.05) is 18.9 Å². The second-order valence-electron chi connectivity index (χ2n) is 6.01. The van der Waals surface area contributed by atoms with Crippen LogP contribution in [-0.2, 0) is 10.0 Å². The molecule has 0 saturated heterocycles. The summed E-state index contributed by atoms with van der Waals surface area (Å²) < 4.78 is 49.0. The fourth-order valence-corrected chi connectivity index (χ4v) is 3.49. The molecule has 0 bridgehead atoms. The maximum Gasteiger partial charge on any atom is 0.295 e. The van der Waals surface area contributed by atoms with Gasteiger partial charge in [0, 0.05) is 12.0 Å². The Hall–Kier alpha value is -3.01. The molecule has 1 aliphatic carbocycles. The Morgan fingerprint density at radius 3 is 2.59 bits per heavy atom. The average molecular weight is 391 g/mol. The van der Waals surface area contributed by atoms with E-state index < -0.39 is 10.0 Å². The molecule has 0 unspecified atom stereocenters. The second kappa shape index (κ2) is 6.62. The molecule has 3 aromatic rings. The summed E-state index contributed by atoms with van der Waals surface area (Å²) >= 11 is 0. The first-order valence-electron chi connectivity index (χ1n) is 8.18. The highest BCUT2D eigenvalue weighted by Crippen LogP contribution is 2.40. The summed E-state index contributed by atoms with van der Waals surface area (Å²) in [5.41, 5.74) is 0.226. The maximum absolute atomic E-state index is 12.7. The van der Waals surface area contributed by atoms with Crippen molar-refractivity contribution in [2.24, 2.45) is 0 Å². The lowest BCUT2D eigenvalue weighted by molar-refractivity contribution is 0.404. The van der Waals surface area contributed by atoms with Crippen molar-refractivity contribution in [3.05, 3.63) is 36.2 Å².